The Balaban J connectivity index is 1.70. The van der Waals surface area contributed by atoms with Gasteiger partial charge in [-0.1, -0.05) is 19.0 Å². The van der Waals surface area contributed by atoms with Gasteiger partial charge >= 0.3 is 0 Å². The van der Waals surface area contributed by atoms with Gasteiger partial charge in [-0.2, -0.15) is 4.98 Å². The molecule has 0 aliphatic heterocycles. The molecule has 0 bridgehead atoms. The Kier molecular flexibility index (Phi) is 8.24. The van der Waals surface area contributed by atoms with Crippen LogP contribution in [0.2, 0.25) is 0 Å². The first-order chi connectivity index (χ1) is 16.7. The van der Waals surface area contributed by atoms with Crippen molar-refractivity contribution >= 4 is 11.6 Å². The van der Waals surface area contributed by atoms with Crippen LogP contribution in [0.3, 0.4) is 0 Å². The number of ether oxygens (including phenoxy) is 3. The minimum atomic E-state index is -0.463. The van der Waals surface area contributed by atoms with Crippen molar-refractivity contribution < 1.29 is 28.5 Å². The number of aryl methyl sites for hydroxylation is 1. The van der Waals surface area contributed by atoms with Crippen LogP contribution in [0.4, 0.5) is 5.69 Å². The van der Waals surface area contributed by atoms with Crippen molar-refractivity contribution in [1.29, 1.82) is 0 Å². The van der Waals surface area contributed by atoms with E-state index in [1.807, 2.05) is 13.8 Å². The van der Waals surface area contributed by atoms with E-state index in [9.17, 15) is 14.9 Å². The zero-order valence-electron chi connectivity index (χ0n) is 20.3. The van der Waals surface area contributed by atoms with E-state index in [-0.39, 0.29) is 36.6 Å². The van der Waals surface area contributed by atoms with E-state index >= 15 is 0 Å². The summed E-state index contributed by atoms with van der Waals surface area (Å²) in [7, 11) is 3.09. The van der Waals surface area contributed by atoms with E-state index in [2.05, 4.69) is 10.1 Å². The summed E-state index contributed by atoms with van der Waals surface area (Å²) in [5.74, 6) is 2.03. The molecule has 11 heteroatoms. The fourth-order valence-corrected chi connectivity index (χ4v) is 3.43. The van der Waals surface area contributed by atoms with E-state index in [1.165, 1.54) is 18.2 Å². The van der Waals surface area contributed by atoms with Crippen molar-refractivity contribution in [3.8, 4) is 28.6 Å². The molecule has 2 aromatic carbocycles. The summed E-state index contributed by atoms with van der Waals surface area (Å²) in [6, 6.07) is 9.63. The summed E-state index contributed by atoms with van der Waals surface area (Å²) >= 11 is 0. The highest BCUT2D eigenvalue weighted by atomic mass is 16.6. The van der Waals surface area contributed by atoms with Crippen molar-refractivity contribution in [3.05, 3.63) is 58.0 Å². The van der Waals surface area contributed by atoms with Crippen molar-refractivity contribution in [2.24, 2.45) is 5.92 Å². The zero-order chi connectivity index (χ0) is 25.5. The van der Waals surface area contributed by atoms with E-state index in [0.717, 1.165) is 0 Å². The molecule has 0 fully saturated rings. The fourth-order valence-electron chi connectivity index (χ4n) is 3.43. The number of nitro groups is 1. The Bertz CT molecular complexity index is 1190. The van der Waals surface area contributed by atoms with Gasteiger partial charge in [-0.25, -0.2) is 0 Å². The predicted molar refractivity (Wildman–Crippen MR) is 126 cm³/mol. The molecule has 1 aromatic heterocycles. The summed E-state index contributed by atoms with van der Waals surface area (Å²) in [6.07, 6.45) is 0. The lowest BCUT2D eigenvalue weighted by Crippen LogP contribution is -2.37. The molecule has 186 valence electrons. The molecule has 3 rings (SSSR count). The molecule has 3 aromatic rings. The number of carbonyl (C=O) groups is 1. The number of carbonyl (C=O) groups excluding carboxylic acids is 1. The third-order valence-corrected chi connectivity index (χ3v) is 5.10. The second-order valence-corrected chi connectivity index (χ2v) is 8.24. The van der Waals surface area contributed by atoms with E-state index < -0.39 is 4.92 Å². The number of aromatic nitrogens is 2. The van der Waals surface area contributed by atoms with Crippen LogP contribution in [-0.2, 0) is 11.3 Å². The van der Waals surface area contributed by atoms with Gasteiger partial charge < -0.3 is 23.6 Å². The average Bonchev–Trinajstić information content (AvgIpc) is 3.29. The number of hydrogen-bond donors (Lipinski definition) is 0. The molecule has 0 unspecified atom stereocenters. The number of nitrogens with zero attached hydrogens (tertiary/aromatic N) is 4. The molecule has 0 spiro atoms. The third-order valence-electron chi connectivity index (χ3n) is 5.10. The van der Waals surface area contributed by atoms with Crippen LogP contribution in [0.5, 0.6) is 17.2 Å². The highest BCUT2D eigenvalue weighted by Gasteiger charge is 2.21. The zero-order valence-corrected chi connectivity index (χ0v) is 20.3. The lowest BCUT2D eigenvalue weighted by atomic mass is 10.2. The van der Waals surface area contributed by atoms with Crippen molar-refractivity contribution in [1.82, 2.24) is 15.0 Å². The maximum atomic E-state index is 12.9. The van der Waals surface area contributed by atoms with Crippen LogP contribution in [-0.4, -0.2) is 53.2 Å². The van der Waals surface area contributed by atoms with Crippen molar-refractivity contribution in [2.75, 3.05) is 27.4 Å². The second kappa shape index (κ2) is 11.3. The van der Waals surface area contributed by atoms with Gasteiger partial charge in [0, 0.05) is 23.7 Å². The quantitative estimate of drug-likeness (QED) is 0.292. The molecule has 0 radical (unpaired) electrons. The molecule has 1 amide bonds. The molecule has 0 aliphatic carbocycles. The highest BCUT2D eigenvalue weighted by Crippen LogP contribution is 2.31. The summed E-state index contributed by atoms with van der Waals surface area (Å²) < 4.78 is 21.6. The molecule has 0 atom stereocenters. The van der Waals surface area contributed by atoms with Gasteiger partial charge in [-0.3, -0.25) is 14.9 Å². The average molecular weight is 485 g/mol. The van der Waals surface area contributed by atoms with Crippen LogP contribution in [0.15, 0.2) is 40.9 Å². The monoisotopic (exact) mass is 484 g/mol. The van der Waals surface area contributed by atoms with Crippen LogP contribution >= 0.6 is 0 Å². The maximum absolute atomic E-state index is 12.9. The van der Waals surface area contributed by atoms with Gasteiger partial charge in [0.25, 0.3) is 11.6 Å². The summed E-state index contributed by atoms with van der Waals surface area (Å²) in [6.45, 7) is 5.92. The lowest BCUT2D eigenvalue weighted by Gasteiger charge is -2.23. The Morgan fingerprint density at radius 2 is 1.89 bits per heavy atom. The fraction of sp³-hybridized carbons (Fsp3) is 0.375. The Labute approximate surface area is 202 Å². The van der Waals surface area contributed by atoms with Crippen LogP contribution in [0.25, 0.3) is 11.4 Å². The number of amides is 1. The topological polar surface area (TPSA) is 130 Å². The Morgan fingerprint density at radius 3 is 2.51 bits per heavy atom. The molecular formula is C24H28N4O7. The number of nitro benzene ring substituents is 1. The molecular weight excluding hydrogens is 456 g/mol. The number of rotatable bonds is 11. The first-order valence-corrected chi connectivity index (χ1v) is 10.9. The molecule has 35 heavy (non-hydrogen) atoms. The first-order valence-electron chi connectivity index (χ1n) is 10.9. The molecule has 0 aliphatic rings. The van der Waals surface area contributed by atoms with E-state index in [4.69, 9.17) is 18.7 Å². The molecule has 1 heterocycles. The largest absolute Gasteiger partial charge is 0.493 e. The normalized spacial score (nSPS) is 10.8. The van der Waals surface area contributed by atoms with Gasteiger partial charge in [-0.05, 0) is 43.2 Å². The predicted octanol–water partition coefficient (Wildman–Crippen LogP) is 4.03. The van der Waals surface area contributed by atoms with Crippen LogP contribution in [0, 0.1) is 23.0 Å². The van der Waals surface area contributed by atoms with Crippen LogP contribution < -0.4 is 14.2 Å². The smallest absolute Gasteiger partial charge is 0.272 e. The van der Waals surface area contributed by atoms with Gasteiger partial charge in [0.2, 0.25) is 11.7 Å². The number of hydrogen-bond acceptors (Lipinski definition) is 9. The minimum absolute atomic E-state index is 0.00760. The second-order valence-electron chi connectivity index (χ2n) is 8.24. The van der Waals surface area contributed by atoms with Crippen molar-refractivity contribution in [3.63, 3.8) is 0 Å². The highest BCUT2D eigenvalue weighted by molar-refractivity contribution is 5.77. The van der Waals surface area contributed by atoms with Gasteiger partial charge in [0.1, 0.15) is 12.3 Å². The van der Waals surface area contributed by atoms with E-state index in [1.54, 1.807) is 44.2 Å². The Morgan fingerprint density at radius 1 is 1.14 bits per heavy atom. The Hall–Kier alpha value is -4.15. The van der Waals surface area contributed by atoms with Crippen molar-refractivity contribution in [2.45, 2.75) is 27.3 Å². The van der Waals surface area contributed by atoms with Gasteiger partial charge in [-0.15, -0.1) is 0 Å². The summed E-state index contributed by atoms with van der Waals surface area (Å²) in [4.78, 5) is 29.4. The minimum Gasteiger partial charge on any atom is -0.493 e. The lowest BCUT2D eigenvalue weighted by molar-refractivity contribution is -0.385. The standard InChI is InChI=1S/C24H28N4O7/c1-15(2)12-27(23(29)14-34-18-7-8-19(28(30)31)16(3)10-18)13-22-25-24(26-35-22)17-6-9-20(32-4)21(11-17)33-5/h6-11,15H,12-14H2,1-5H3. The van der Waals surface area contributed by atoms with E-state index in [0.29, 0.717) is 40.7 Å². The summed E-state index contributed by atoms with van der Waals surface area (Å²) in [5.41, 5.74) is 1.12. The van der Waals surface area contributed by atoms with Gasteiger partial charge in [0.05, 0.1) is 19.1 Å². The first kappa shape index (κ1) is 25.5. The molecule has 0 saturated heterocycles. The molecule has 0 saturated carbocycles. The maximum Gasteiger partial charge on any atom is 0.272 e. The molecule has 11 nitrogen and oxygen atoms in total. The number of benzene rings is 2. The SMILES string of the molecule is COc1ccc(-c2noc(CN(CC(C)C)C(=O)COc3ccc([N+](=O)[O-])c(C)c3)n2)cc1OC. The number of methoxy groups -OCH3 is 2. The molecule has 0 N–H and O–H groups in total. The third kappa shape index (κ3) is 6.46. The van der Waals surface area contributed by atoms with Gasteiger partial charge in [0.15, 0.2) is 18.1 Å². The van der Waals surface area contributed by atoms with Crippen LogP contribution in [0.1, 0.15) is 25.3 Å². The summed E-state index contributed by atoms with van der Waals surface area (Å²) in [5, 5.41) is 15.0.